The van der Waals surface area contributed by atoms with Crippen LogP contribution in [0.4, 0.5) is 0 Å². The Morgan fingerprint density at radius 2 is 1.76 bits per heavy atom. The first-order valence-electron chi connectivity index (χ1n) is 6.61. The molecule has 0 spiro atoms. The first-order chi connectivity index (χ1) is 9.53. The zero-order valence-corrected chi connectivity index (χ0v) is 15.3. The van der Waals surface area contributed by atoms with Crippen LogP contribution in [0, 0.1) is 5.41 Å². The molecule has 1 N–H and O–H groups in total. The van der Waals surface area contributed by atoms with Crippen LogP contribution in [0.2, 0.25) is 0 Å². The number of nitrogens with one attached hydrogen (secondary N) is 1. The van der Waals surface area contributed by atoms with E-state index in [4.69, 9.17) is 9.05 Å². The Kier molecular flexibility index (Phi) is 8.78. The van der Waals surface area contributed by atoms with E-state index >= 15 is 0 Å². The lowest BCUT2D eigenvalue weighted by Gasteiger charge is -2.22. The van der Waals surface area contributed by atoms with Crippen molar-refractivity contribution in [2.24, 2.45) is 5.41 Å². The van der Waals surface area contributed by atoms with Gasteiger partial charge in [-0.3, -0.25) is 14.2 Å². The zero-order chi connectivity index (χ0) is 16.7. The van der Waals surface area contributed by atoms with E-state index in [0.717, 1.165) is 5.75 Å². The molecule has 0 aromatic rings. The third-order valence-corrected chi connectivity index (χ3v) is 5.94. The van der Waals surface area contributed by atoms with Gasteiger partial charge in [-0.05, 0) is 11.2 Å². The summed E-state index contributed by atoms with van der Waals surface area (Å²) in [5.41, 5.74) is 0.128. The molecule has 0 aromatic carbocycles. The number of hydrogen-bond acceptors (Lipinski definition) is 6. The molecule has 124 valence electrons. The van der Waals surface area contributed by atoms with E-state index in [1.54, 1.807) is 11.8 Å². The van der Waals surface area contributed by atoms with Gasteiger partial charge >= 0.3 is 7.60 Å². The summed E-state index contributed by atoms with van der Waals surface area (Å²) in [6.45, 7) is 7.64. The molecule has 0 bridgehead atoms. The minimum absolute atomic E-state index is 0.128. The molecule has 1 atom stereocenters. The van der Waals surface area contributed by atoms with E-state index in [2.05, 4.69) is 26.1 Å². The van der Waals surface area contributed by atoms with Crippen molar-refractivity contribution in [1.82, 2.24) is 5.32 Å². The molecule has 0 aliphatic heterocycles. The van der Waals surface area contributed by atoms with Gasteiger partial charge in [-0.1, -0.05) is 20.8 Å². The van der Waals surface area contributed by atoms with Crippen LogP contribution >= 0.6 is 19.4 Å². The Balaban J connectivity index is 4.70. The van der Waals surface area contributed by atoms with E-state index < -0.39 is 13.6 Å². The lowest BCUT2D eigenvalue weighted by Crippen LogP contribution is -2.43. The predicted molar refractivity (Wildman–Crippen MR) is 85.9 cm³/mol. The fraction of sp³-hybridized carbons (Fsp3) is 0.846. The van der Waals surface area contributed by atoms with Crippen molar-refractivity contribution in [3.8, 4) is 0 Å². The Labute approximate surface area is 131 Å². The Morgan fingerprint density at radius 3 is 2.14 bits per heavy atom. The third-order valence-electron chi connectivity index (χ3n) is 2.49. The van der Waals surface area contributed by atoms with Gasteiger partial charge in [0, 0.05) is 26.9 Å². The summed E-state index contributed by atoms with van der Waals surface area (Å²) in [7, 11) is -0.938. The van der Waals surface area contributed by atoms with Crippen LogP contribution in [0.5, 0.6) is 0 Å². The van der Waals surface area contributed by atoms with Gasteiger partial charge in [0.1, 0.15) is 6.16 Å². The summed E-state index contributed by atoms with van der Waals surface area (Å²) in [6.07, 6.45) is -0.346. The number of carbonyl (C=O) groups excluding carboxylic acids is 2. The van der Waals surface area contributed by atoms with Gasteiger partial charge in [0.25, 0.3) is 0 Å². The first-order valence-corrected chi connectivity index (χ1v) is 9.49. The van der Waals surface area contributed by atoms with Gasteiger partial charge < -0.3 is 14.4 Å². The summed E-state index contributed by atoms with van der Waals surface area (Å²) in [5.74, 6) is 0.638. The number of carbonyl (C=O) groups is 2. The van der Waals surface area contributed by atoms with Crippen molar-refractivity contribution in [3.63, 3.8) is 0 Å². The van der Waals surface area contributed by atoms with Gasteiger partial charge in [0.15, 0.2) is 5.78 Å². The molecule has 0 aliphatic rings. The average molecular weight is 339 g/mol. The quantitative estimate of drug-likeness (QED) is 0.649. The largest absolute Gasteiger partial charge is 0.346 e. The molecular weight excluding hydrogens is 313 g/mol. The number of Topliss-reactive ketones (excluding diaryl/α,β-unsaturated/α-hetero) is 1. The topological polar surface area (TPSA) is 81.7 Å². The molecule has 6 nitrogen and oxygen atoms in total. The average Bonchev–Trinajstić information content (AvgIpc) is 2.35. The highest BCUT2D eigenvalue weighted by molar-refractivity contribution is 7.99. The second-order valence-corrected chi connectivity index (χ2v) is 9.23. The summed E-state index contributed by atoms with van der Waals surface area (Å²) in [4.78, 5) is 23.4. The van der Waals surface area contributed by atoms with Gasteiger partial charge in [0.2, 0.25) is 5.91 Å². The van der Waals surface area contributed by atoms with E-state index in [-0.39, 0.29) is 23.3 Å². The van der Waals surface area contributed by atoms with Crippen LogP contribution in [0.1, 0.15) is 27.7 Å². The van der Waals surface area contributed by atoms with Crippen LogP contribution in [0.15, 0.2) is 0 Å². The minimum Gasteiger partial charge on any atom is -0.346 e. The molecule has 0 radical (unpaired) electrons. The summed E-state index contributed by atoms with van der Waals surface area (Å²) < 4.78 is 21.5. The first kappa shape index (κ1) is 20.6. The molecule has 0 aromatic heterocycles. The molecule has 0 heterocycles. The molecule has 0 saturated carbocycles. The van der Waals surface area contributed by atoms with Gasteiger partial charge in [-0.15, -0.1) is 0 Å². The fourth-order valence-electron chi connectivity index (χ4n) is 1.45. The molecule has 0 aliphatic carbocycles. The molecular formula is C13H26NO5PS. The van der Waals surface area contributed by atoms with E-state index in [1.807, 2.05) is 0 Å². The highest BCUT2D eigenvalue weighted by Crippen LogP contribution is 2.46. The molecule has 0 saturated heterocycles. The standard InChI is InChI=1S/C13H26NO5PS/c1-10(15)14-11(8-21-9-13(2,3)4)12(16)7-20(17,18-5)19-6/h11H,7-9H2,1-6H3,(H,14,15)/t11-/m0/s1. The third kappa shape index (κ3) is 9.30. The lowest BCUT2D eigenvalue weighted by atomic mass is 10.0. The Hall–Kier alpha value is -0.360. The van der Waals surface area contributed by atoms with Crippen LogP contribution < -0.4 is 5.32 Å². The maximum atomic E-state index is 12.2. The van der Waals surface area contributed by atoms with Crippen molar-refractivity contribution in [1.29, 1.82) is 0 Å². The van der Waals surface area contributed by atoms with Crippen molar-refractivity contribution < 1.29 is 23.2 Å². The molecule has 0 unspecified atom stereocenters. The minimum atomic E-state index is -3.41. The molecule has 21 heavy (non-hydrogen) atoms. The van der Waals surface area contributed by atoms with Crippen molar-refractivity contribution >= 4 is 31.0 Å². The highest BCUT2D eigenvalue weighted by atomic mass is 32.2. The number of thioether (sulfide) groups is 1. The van der Waals surface area contributed by atoms with Crippen molar-refractivity contribution in [3.05, 3.63) is 0 Å². The second-order valence-electron chi connectivity index (χ2n) is 5.93. The molecule has 0 fully saturated rings. The van der Waals surface area contributed by atoms with Crippen LogP contribution in [0.25, 0.3) is 0 Å². The number of ketones is 1. The SMILES string of the molecule is COP(=O)(CC(=O)[C@H](CSCC(C)(C)C)NC(C)=O)OC. The maximum absolute atomic E-state index is 12.2. The number of amides is 1. The predicted octanol–water partition coefficient (Wildman–Crippen LogP) is 2.33. The fourth-order valence-corrected chi connectivity index (χ4v) is 3.69. The van der Waals surface area contributed by atoms with E-state index in [0.29, 0.717) is 5.75 Å². The van der Waals surface area contributed by atoms with Crippen molar-refractivity contribution in [2.45, 2.75) is 33.7 Å². The second kappa shape index (κ2) is 8.93. The molecule has 0 rings (SSSR count). The van der Waals surface area contributed by atoms with E-state index in [9.17, 15) is 14.2 Å². The monoisotopic (exact) mass is 339 g/mol. The number of hydrogen-bond donors (Lipinski definition) is 1. The smallest absolute Gasteiger partial charge is 0.337 e. The van der Waals surface area contributed by atoms with Gasteiger partial charge in [0.05, 0.1) is 6.04 Å². The normalized spacial score (nSPS) is 13.8. The Bertz CT molecular complexity index is 400. The summed E-state index contributed by atoms with van der Waals surface area (Å²) >= 11 is 1.57. The van der Waals surface area contributed by atoms with E-state index in [1.165, 1.54) is 21.1 Å². The Morgan fingerprint density at radius 1 is 1.24 bits per heavy atom. The molecule has 8 heteroatoms. The maximum Gasteiger partial charge on any atom is 0.337 e. The van der Waals surface area contributed by atoms with Crippen molar-refractivity contribution in [2.75, 3.05) is 31.9 Å². The zero-order valence-electron chi connectivity index (χ0n) is 13.6. The molecule has 1 amide bonds. The highest BCUT2D eigenvalue weighted by Gasteiger charge is 2.30. The summed E-state index contributed by atoms with van der Waals surface area (Å²) in [6, 6.07) is -0.687. The lowest BCUT2D eigenvalue weighted by molar-refractivity contribution is -0.125. The van der Waals surface area contributed by atoms with Crippen LogP contribution in [-0.4, -0.2) is 49.6 Å². The van der Waals surface area contributed by atoms with Gasteiger partial charge in [-0.25, -0.2) is 0 Å². The van der Waals surface area contributed by atoms with Gasteiger partial charge in [-0.2, -0.15) is 11.8 Å². The van der Waals surface area contributed by atoms with Crippen LogP contribution in [0.3, 0.4) is 0 Å². The van der Waals surface area contributed by atoms with Crippen LogP contribution in [-0.2, 0) is 23.2 Å². The summed E-state index contributed by atoms with van der Waals surface area (Å²) in [5, 5.41) is 2.60. The number of rotatable bonds is 9.